The third-order valence-electron chi connectivity index (χ3n) is 3.73. The van der Waals surface area contributed by atoms with E-state index in [-0.39, 0.29) is 5.78 Å². The van der Waals surface area contributed by atoms with Gasteiger partial charge in [-0.2, -0.15) is 0 Å². The smallest absolute Gasteiger partial charge is 0.267 e. The van der Waals surface area contributed by atoms with Crippen LogP contribution in [0, 0.1) is 0 Å². The maximum atomic E-state index is 12.4. The van der Waals surface area contributed by atoms with E-state index >= 15 is 0 Å². The number of benzene rings is 1. The largest absolute Gasteiger partial charge is 0.493 e. The number of rotatable bonds is 2. The van der Waals surface area contributed by atoms with Gasteiger partial charge in [0.1, 0.15) is 5.75 Å². The minimum absolute atomic E-state index is 0.0390. The van der Waals surface area contributed by atoms with Crippen LogP contribution in [0.4, 0.5) is 0 Å². The predicted octanol–water partition coefficient (Wildman–Crippen LogP) is 1.88. The Hall–Kier alpha value is -2.18. The quantitative estimate of drug-likeness (QED) is 0.494. The fraction of sp³-hybridized carbons (Fsp3) is 0.412. The Kier molecular flexibility index (Phi) is 6.31. The Balaban J connectivity index is 2.22. The van der Waals surface area contributed by atoms with Gasteiger partial charge < -0.3 is 9.64 Å². The molecule has 0 fully saturated rings. The summed E-state index contributed by atoms with van der Waals surface area (Å²) in [5, 5.41) is 8.49. The molecule has 23 heavy (non-hydrogen) atoms. The topological polar surface area (TPSA) is 78.9 Å². The lowest BCUT2D eigenvalue weighted by atomic mass is 10.0. The molecule has 0 saturated carbocycles. The summed E-state index contributed by atoms with van der Waals surface area (Å²) in [7, 11) is 2.05. The number of carbonyl (C=O) groups is 2. The maximum absolute atomic E-state index is 12.4. The van der Waals surface area contributed by atoms with Crippen molar-refractivity contribution in [3.63, 3.8) is 0 Å². The summed E-state index contributed by atoms with van der Waals surface area (Å²) in [6.07, 6.45) is 4.92. The average Bonchev–Trinajstić information content (AvgIpc) is 2.59. The zero-order valence-electron chi connectivity index (χ0n) is 13.2. The van der Waals surface area contributed by atoms with Crippen LogP contribution in [0.5, 0.6) is 5.75 Å². The van der Waals surface area contributed by atoms with E-state index < -0.39 is 5.91 Å². The number of ether oxygens (including phenoxy) is 1. The molecular formula is C17H22N2O4. The van der Waals surface area contributed by atoms with Crippen molar-refractivity contribution >= 4 is 17.8 Å². The number of nitrogens with one attached hydrogen (secondary N) is 1. The number of fused-ring (bicyclic) bond motifs is 1. The van der Waals surface area contributed by atoms with Crippen molar-refractivity contribution in [2.24, 2.45) is 0 Å². The number of Topliss-reactive ketones (excluding diaryl/α,β-unsaturated/α-hetero) is 1. The molecule has 0 aliphatic carbocycles. The second kappa shape index (κ2) is 8.45. The lowest BCUT2D eigenvalue weighted by molar-refractivity contribution is -0.124. The van der Waals surface area contributed by atoms with Gasteiger partial charge in [-0.05, 0) is 50.2 Å². The van der Waals surface area contributed by atoms with Crippen LogP contribution in [-0.2, 0) is 4.79 Å². The van der Waals surface area contributed by atoms with Crippen molar-refractivity contribution in [2.75, 3.05) is 26.7 Å². The molecule has 0 unspecified atom stereocenters. The standard InChI is InChI=1S/C17H22N2O4/c1-19-9-2-4-15(20)14-12-13(6-8-17(21)18-22)5-7-16(14)23-11-3-10-19/h5-8,12,22H,2-4,9-11H2,1H3,(H,18,21)/b8-6+. The third-order valence-corrected chi connectivity index (χ3v) is 3.73. The fourth-order valence-electron chi connectivity index (χ4n) is 2.48. The number of hydroxylamine groups is 1. The van der Waals surface area contributed by atoms with Gasteiger partial charge in [-0.1, -0.05) is 6.07 Å². The van der Waals surface area contributed by atoms with Gasteiger partial charge in [-0.15, -0.1) is 0 Å². The lowest BCUT2D eigenvalue weighted by Crippen LogP contribution is -2.22. The van der Waals surface area contributed by atoms with Crippen molar-refractivity contribution in [1.82, 2.24) is 10.4 Å². The second-order valence-electron chi connectivity index (χ2n) is 5.60. The van der Waals surface area contributed by atoms with E-state index in [0.717, 1.165) is 25.9 Å². The molecule has 0 aromatic heterocycles. The van der Waals surface area contributed by atoms with Gasteiger partial charge in [0, 0.05) is 19.0 Å². The van der Waals surface area contributed by atoms with E-state index in [1.54, 1.807) is 18.2 Å². The van der Waals surface area contributed by atoms with Crippen LogP contribution >= 0.6 is 0 Å². The molecule has 124 valence electrons. The SMILES string of the molecule is CN1CCCOc2ccc(/C=C/C(=O)NO)cc2C(=O)CCC1. The molecule has 1 aliphatic heterocycles. The number of hydrogen-bond acceptors (Lipinski definition) is 5. The molecule has 6 nitrogen and oxygen atoms in total. The van der Waals surface area contributed by atoms with Gasteiger partial charge in [0.25, 0.3) is 5.91 Å². The molecule has 2 N–H and O–H groups in total. The summed E-state index contributed by atoms with van der Waals surface area (Å²) >= 11 is 0. The van der Waals surface area contributed by atoms with Crippen LogP contribution in [0.2, 0.25) is 0 Å². The van der Waals surface area contributed by atoms with Crippen LogP contribution in [0.15, 0.2) is 24.3 Å². The summed E-state index contributed by atoms with van der Waals surface area (Å²) in [6, 6.07) is 5.25. The van der Waals surface area contributed by atoms with Gasteiger partial charge in [0.2, 0.25) is 0 Å². The molecule has 1 aromatic rings. The monoisotopic (exact) mass is 318 g/mol. The van der Waals surface area contributed by atoms with Crippen LogP contribution < -0.4 is 10.2 Å². The minimum atomic E-state index is -0.618. The molecule has 0 saturated heterocycles. The molecule has 2 rings (SSSR count). The van der Waals surface area contributed by atoms with Crippen molar-refractivity contribution in [1.29, 1.82) is 0 Å². The molecule has 0 bridgehead atoms. The molecule has 0 radical (unpaired) electrons. The number of ketones is 1. The Bertz CT molecular complexity index is 598. The molecule has 6 heteroatoms. The number of amides is 1. The number of carbonyl (C=O) groups excluding carboxylic acids is 2. The molecule has 0 spiro atoms. The van der Waals surface area contributed by atoms with Gasteiger partial charge in [-0.3, -0.25) is 14.8 Å². The first-order chi connectivity index (χ1) is 11.1. The van der Waals surface area contributed by atoms with Gasteiger partial charge in [0.05, 0.1) is 12.2 Å². The van der Waals surface area contributed by atoms with Crippen LogP contribution in [-0.4, -0.2) is 48.5 Å². The molecule has 1 aliphatic rings. The first kappa shape index (κ1) is 17.2. The summed E-state index contributed by atoms with van der Waals surface area (Å²) in [6.45, 7) is 2.39. The highest BCUT2D eigenvalue weighted by atomic mass is 16.5. The summed E-state index contributed by atoms with van der Waals surface area (Å²) in [5.74, 6) is 0.00704. The van der Waals surface area contributed by atoms with Gasteiger partial charge in [0.15, 0.2) is 5.78 Å². The van der Waals surface area contributed by atoms with Crippen LogP contribution in [0.25, 0.3) is 6.08 Å². The highest BCUT2D eigenvalue weighted by Gasteiger charge is 2.15. The molecule has 1 heterocycles. The highest BCUT2D eigenvalue weighted by molar-refractivity contribution is 5.99. The lowest BCUT2D eigenvalue weighted by Gasteiger charge is -2.15. The Morgan fingerprint density at radius 1 is 1.35 bits per heavy atom. The molecule has 1 aromatic carbocycles. The van der Waals surface area contributed by atoms with Crippen LogP contribution in [0.1, 0.15) is 35.2 Å². The summed E-state index contributed by atoms with van der Waals surface area (Å²) in [4.78, 5) is 25.7. The van der Waals surface area contributed by atoms with E-state index in [0.29, 0.717) is 29.9 Å². The second-order valence-corrected chi connectivity index (χ2v) is 5.60. The van der Waals surface area contributed by atoms with E-state index in [9.17, 15) is 9.59 Å². The van der Waals surface area contributed by atoms with Crippen molar-refractivity contribution in [3.8, 4) is 5.75 Å². The Morgan fingerprint density at radius 2 is 2.13 bits per heavy atom. The third kappa shape index (κ3) is 5.19. The minimum Gasteiger partial charge on any atom is -0.493 e. The number of hydrogen-bond donors (Lipinski definition) is 2. The van der Waals surface area contributed by atoms with Crippen molar-refractivity contribution in [2.45, 2.75) is 19.3 Å². The molecule has 0 atom stereocenters. The van der Waals surface area contributed by atoms with E-state index in [1.807, 2.05) is 7.05 Å². The van der Waals surface area contributed by atoms with Gasteiger partial charge >= 0.3 is 0 Å². The molecule has 1 amide bonds. The number of nitrogens with zero attached hydrogens (tertiary/aromatic N) is 1. The maximum Gasteiger partial charge on any atom is 0.267 e. The average molecular weight is 318 g/mol. The molecular weight excluding hydrogens is 296 g/mol. The van der Waals surface area contributed by atoms with Crippen molar-refractivity contribution < 1.29 is 19.5 Å². The Morgan fingerprint density at radius 3 is 2.91 bits per heavy atom. The first-order valence-corrected chi connectivity index (χ1v) is 7.71. The normalized spacial score (nSPS) is 17.2. The highest BCUT2D eigenvalue weighted by Crippen LogP contribution is 2.24. The van der Waals surface area contributed by atoms with E-state index in [4.69, 9.17) is 9.94 Å². The van der Waals surface area contributed by atoms with Crippen LogP contribution in [0.3, 0.4) is 0 Å². The summed E-state index contributed by atoms with van der Waals surface area (Å²) < 4.78 is 5.75. The fourth-order valence-corrected chi connectivity index (χ4v) is 2.48. The zero-order chi connectivity index (χ0) is 16.7. The first-order valence-electron chi connectivity index (χ1n) is 7.71. The van der Waals surface area contributed by atoms with Crippen molar-refractivity contribution in [3.05, 3.63) is 35.4 Å². The Labute approximate surface area is 135 Å². The van der Waals surface area contributed by atoms with E-state index in [1.165, 1.54) is 17.6 Å². The van der Waals surface area contributed by atoms with E-state index in [2.05, 4.69) is 4.90 Å². The van der Waals surface area contributed by atoms with Gasteiger partial charge in [-0.25, -0.2) is 5.48 Å². The predicted molar refractivity (Wildman–Crippen MR) is 86.6 cm³/mol. The summed E-state index contributed by atoms with van der Waals surface area (Å²) in [5.41, 5.74) is 2.78. The zero-order valence-corrected chi connectivity index (χ0v) is 13.2.